The number of aliphatic hydroxyl groups is 1. The molecule has 0 unspecified atom stereocenters. The number of anilines is 1. The number of ether oxygens (including phenoxy) is 1. The summed E-state index contributed by atoms with van der Waals surface area (Å²) in [6.45, 7) is 0.110. The van der Waals surface area contributed by atoms with Gasteiger partial charge in [-0.15, -0.1) is 0 Å². The minimum absolute atomic E-state index is 0.110. The predicted octanol–water partition coefficient (Wildman–Crippen LogP) is 2.29. The van der Waals surface area contributed by atoms with Crippen molar-refractivity contribution in [3.05, 3.63) is 29.3 Å². The minimum Gasteiger partial charge on any atom is -0.394 e. The Morgan fingerprint density at radius 2 is 2.31 bits per heavy atom. The first kappa shape index (κ1) is 11.7. The van der Waals surface area contributed by atoms with Crippen molar-refractivity contribution in [2.45, 2.75) is 24.5 Å². The van der Waals surface area contributed by atoms with Gasteiger partial charge in [0.15, 0.2) is 0 Å². The zero-order valence-electron chi connectivity index (χ0n) is 9.24. The molecule has 88 valence electrons. The van der Waals surface area contributed by atoms with Crippen LogP contribution in [-0.2, 0) is 4.74 Å². The average molecular weight is 242 g/mol. The van der Waals surface area contributed by atoms with Gasteiger partial charge in [-0.05, 0) is 31.0 Å². The topological polar surface area (TPSA) is 41.5 Å². The van der Waals surface area contributed by atoms with Gasteiger partial charge in [-0.3, -0.25) is 0 Å². The fourth-order valence-electron chi connectivity index (χ4n) is 2.12. The van der Waals surface area contributed by atoms with Crippen molar-refractivity contribution in [3.8, 4) is 0 Å². The molecule has 0 radical (unpaired) electrons. The van der Waals surface area contributed by atoms with E-state index in [0.29, 0.717) is 5.02 Å². The second kappa shape index (κ2) is 4.62. The number of methoxy groups -OCH3 is 1. The third-order valence-electron chi connectivity index (χ3n) is 3.11. The Morgan fingerprint density at radius 1 is 1.56 bits per heavy atom. The Balaban J connectivity index is 2.03. The van der Waals surface area contributed by atoms with E-state index in [1.807, 2.05) is 24.3 Å². The van der Waals surface area contributed by atoms with Crippen molar-refractivity contribution < 1.29 is 9.84 Å². The van der Waals surface area contributed by atoms with Crippen LogP contribution < -0.4 is 5.32 Å². The van der Waals surface area contributed by atoms with E-state index in [0.717, 1.165) is 18.5 Å². The van der Waals surface area contributed by atoms with Crippen molar-refractivity contribution >= 4 is 17.3 Å². The van der Waals surface area contributed by atoms with E-state index >= 15 is 0 Å². The first-order valence-corrected chi connectivity index (χ1v) is 5.73. The predicted molar refractivity (Wildman–Crippen MR) is 64.9 cm³/mol. The maximum Gasteiger partial charge on any atom is 0.0663 e. The number of halogens is 1. The van der Waals surface area contributed by atoms with Crippen LogP contribution in [0.25, 0.3) is 0 Å². The third kappa shape index (κ3) is 2.32. The summed E-state index contributed by atoms with van der Waals surface area (Å²) in [4.78, 5) is 0. The molecule has 1 saturated carbocycles. The highest BCUT2D eigenvalue weighted by Gasteiger charge is 2.44. The van der Waals surface area contributed by atoms with E-state index in [1.54, 1.807) is 7.11 Å². The number of nitrogens with one attached hydrogen (secondary N) is 1. The largest absolute Gasteiger partial charge is 0.394 e. The highest BCUT2D eigenvalue weighted by Crippen LogP contribution is 2.37. The quantitative estimate of drug-likeness (QED) is 0.850. The van der Waals surface area contributed by atoms with E-state index in [-0.39, 0.29) is 18.2 Å². The summed E-state index contributed by atoms with van der Waals surface area (Å²) < 4.78 is 5.23. The molecule has 1 fully saturated rings. The normalized spacial score (nSPS) is 28.6. The standard InChI is InChI=1S/C12H16ClNO2/c1-16-11-6-12(7-11,8-15)14-10-4-2-3-9(13)5-10/h2-5,11,14-15H,6-8H2,1H3. The van der Waals surface area contributed by atoms with E-state index in [2.05, 4.69) is 5.32 Å². The zero-order chi connectivity index (χ0) is 11.6. The molecule has 16 heavy (non-hydrogen) atoms. The van der Waals surface area contributed by atoms with Crippen LogP contribution in [0.1, 0.15) is 12.8 Å². The van der Waals surface area contributed by atoms with Crippen molar-refractivity contribution in [3.63, 3.8) is 0 Å². The average Bonchev–Trinajstić information content (AvgIpc) is 2.23. The molecule has 0 aliphatic heterocycles. The molecule has 3 nitrogen and oxygen atoms in total. The number of hydrogen-bond donors (Lipinski definition) is 2. The summed E-state index contributed by atoms with van der Waals surface area (Å²) in [5.41, 5.74) is 0.696. The van der Waals surface area contributed by atoms with Crippen LogP contribution in [0, 0.1) is 0 Å². The Bertz CT molecular complexity index is 364. The van der Waals surface area contributed by atoms with E-state index in [1.165, 1.54) is 0 Å². The molecule has 2 rings (SSSR count). The summed E-state index contributed by atoms with van der Waals surface area (Å²) in [5.74, 6) is 0. The first-order chi connectivity index (χ1) is 7.67. The molecule has 0 heterocycles. The molecule has 4 heteroatoms. The molecule has 0 atom stereocenters. The SMILES string of the molecule is COC1CC(CO)(Nc2cccc(Cl)c2)C1. The summed E-state index contributed by atoms with van der Waals surface area (Å²) >= 11 is 5.91. The fourth-order valence-corrected chi connectivity index (χ4v) is 2.31. The Morgan fingerprint density at radius 3 is 2.88 bits per heavy atom. The maximum absolute atomic E-state index is 9.43. The van der Waals surface area contributed by atoms with Crippen LogP contribution in [0.4, 0.5) is 5.69 Å². The zero-order valence-corrected chi connectivity index (χ0v) is 10.00. The molecule has 1 aliphatic rings. The second-order valence-electron chi connectivity index (χ2n) is 4.34. The van der Waals surface area contributed by atoms with Gasteiger partial charge in [-0.1, -0.05) is 17.7 Å². The van der Waals surface area contributed by atoms with Gasteiger partial charge in [0.25, 0.3) is 0 Å². The molecule has 0 aromatic heterocycles. The maximum atomic E-state index is 9.43. The van der Waals surface area contributed by atoms with Crippen LogP contribution in [0.5, 0.6) is 0 Å². The third-order valence-corrected chi connectivity index (χ3v) is 3.34. The number of benzene rings is 1. The minimum atomic E-state index is -0.245. The lowest BCUT2D eigenvalue weighted by Gasteiger charge is -2.46. The van der Waals surface area contributed by atoms with Gasteiger partial charge in [0.05, 0.1) is 18.2 Å². The highest BCUT2D eigenvalue weighted by molar-refractivity contribution is 6.30. The van der Waals surface area contributed by atoms with Crippen molar-refractivity contribution in [2.75, 3.05) is 19.0 Å². The summed E-state index contributed by atoms with van der Waals surface area (Å²) in [7, 11) is 1.70. The molecule has 0 saturated heterocycles. The summed E-state index contributed by atoms with van der Waals surface area (Å²) in [5, 5.41) is 13.5. The highest BCUT2D eigenvalue weighted by atomic mass is 35.5. The summed E-state index contributed by atoms with van der Waals surface area (Å²) in [6, 6.07) is 7.53. The van der Waals surface area contributed by atoms with Gasteiger partial charge in [0.1, 0.15) is 0 Å². The second-order valence-corrected chi connectivity index (χ2v) is 4.78. The first-order valence-electron chi connectivity index (χ1n) is 5.35. The van der Waals surface area contributed by atoms with Crippen LogP contribution in [0.15, 0.2) is 24.3 Å². The molecule has 0 amide bonds. The van der Waals surface area contributed by atoms with Crippen LogP contribution >= 0.6 is 11.6 Å². The van der Waals surface area contributed by atoms with Crippen molar-refractivity contribution in [1.29, 1.82) is 0 Å². The molecular formula is C12H16ClNO2. The number of aliphatic hydroxyl groups excluding tert-OH is 1. The molecule has 0 spiro atoms. The van der Waals surface area contributed by atoms with Gasteiger partial charge in [0, 0.05) is 17.8 Å². The molecule has 1 aromatic rings. The van der Waals surface area contributed by atoms with Crippen LogP contribution in [0.3, 0.4) is 0 Å². The van der Waals surface area contributed by atoms with Gasteiger partial charge in [0.2, 0.25) is 0 Å². The van der Waals surface area contributed by atoms with Crippen molar-refractivity contribution in [1.82, 2.24) is 0 Å². The Labute approximate surface area is 100 Å². The molecule has 1 aliphatic carbocycles. The van der Waals surface area contributed by atoms with Gasteiger partial charge in [-0.25, -0.2) is 0 Å². The molecule has 0 bridgehead atoms. The smallest absolute Gasteiger partial charge is 0.0663 e. The van der Waals surface area contributed by atoms with Crippen LogP contribution in [0.2, 0.25) is 5.02 Å². The van der Waals surface area contributed by atoms with Gasteiger partial charge in [-0.2, -0.15) is 0 Å². The van der Waals surface area contributed by atoms with Gasteiger partial charge < -0.3 is 15.2 Å². The van der Waals surface area contributed by atoms with E-state index in [9.17, 15) is 5.11 Å². The van der Waals surface area contributed by atoms with Gasteiger partial charge >= 0.3 is 0 Å². The lowest BCUT2D eigenvalue weighted by atomic mass is 9.74. The molecule has 2 N–H and O–H groups in total. The van der Waals surface area contributed by atoms with E-state index in [4.69, 9.17) is 16.3 Å². The number of rotatable bonds is 4. The van der Waals surface area contributed by atoms with Crippen molar-refractivity contribution in [2.24, 2.45) is 0 Å². The lowest BCUT2D eigenvalue weighted by Crippen LogP contribution is -2.56. The number of hydrogen-bond acceptors (Lipinski definition) is 3. The summed E-state index contributed by atoms with van der Waals surface area (Å²) in [6.07, 6.45) is 1.90. The molecular weight excluding hydrogens is 226 g/mol. The fraction of sp³-hybridized carbons (Fsp3) is 0.500. The van der Waals surface area contributed by atoms with Crippen LogP contribution in [-0.4, -0.2) is 30.5 Å². The Hall–Kier alpha value is -0.770. The monoisotopic (exact) mass is 241 g/mol. The lowest BCUT2D eigenvalue weighted by molar-refractivity contribution is -0.0256. The Kier molecular flexibility index (Phi) is 3.38. The molecule has 1 aromatic carbocycles. The van der Waals surface area contributed by atoms with E-state index < -0.39 is 0 Å².